The minimum absolute atomic E-state index is 0.0840. The van der Waals surface area contributed by atoms with E-state index in [2.05, 4.69) is 65.0 Å². The highest BCUT2D eigenvalue weighted by Crippen LogP contribution is 2.37. The zero-order valence-corrected chi connectivity index (χ0v) is 15.4. The summed E-state index contributed by atoms with van der Waals surface area (Å²) >= 11 is 0. The van der Waals surface area contributed by atoms with E-state index >= 15 is 0 Å². The fourth-order valence-corrected chi connectivity index (χ4v) is 2.74. The molecule has 0 saturated carbocycles. The van der Waals surface area contributed by atoms with Crippen LogP contribution in [0, 0.1) is 5.41 Å². The van der Waals surface area contributed by atoms with Crippen molar-refractivity contribution < 1.29 is 9.90 Å². The van der Waals surface area contributed by atoms with Gasteiger partial charge in [-0.05, 0) is 36.9 Å². The first-order chi connectivity index (χ1) is 10.6. The summed E-state index contributed by atoms with van der Waals surface area (Å²) < 4.78 is 0. The highest BCUT2D eigenvalue weighted by molar-refractivity contribution is 5.69. The number of aliphatic carboxylic acids is 1. The molecule has 1 atom stereocenters. The molecule has 23 heavy (non-hydrogen) atoms. The van der Waals surface area contributed by atoms with E-state index in [1.807, 2.05) is 11.8 Å². The third-order valence-electron chi connectivity index (χ3n) is 3.98. The summed E-state index contributed by atoms with van der Waals surface area (Å²) in [5, 5.41) is 8.94. The van der Waals surface area contributed by atoms with Crippen LogP contribution < -0.4 is 0 Å². The van der Waals surface area contributed by atoms with Gasteiger partial charge in [-0.15, -0.1) is 0 Å². The van der Waals surface area contributed by atoms with E-state index in [0.717, 1.165) is 12.1 Å². The average molecular weight is 317 g/mol. The maximum atomic E-state index is 10.9. The Morgan fingerprint density at radius 1 is 1.22 bits per heavy atom. The minimum atomic E-state index is -0.778. The lowest BCUT2D eigenvalue weighted by molar-refractivity contribution is -0.138. The molecule has 0 spiro atoms. The second kappa shape index (κ2) is 8.30. The lowest BCUT2D eigenvalue weighted by Gasteiger charge is -2.29. The van der Waals surface area contributed by atoms with Gasteiger partial charge in [-0.25, -0.2) is 0 Å². The first-order valence-electron chi connectivity index (χ1n) is 8.31. The Kier molecular flexibility index (Phi) is 7.01. The molecule has 128 valence electrons. The van der Waals surface area contributed by atoms with Crippen LogP contribution >= 0.6 is 0 Å². The van der Waals surface area contributed by atoms with Gasteiger partial charge in [0.1, 0.15) is 0 Å². The molecule has 1 unspecified atom stereocenters. The van der Waals surface area contributed by atoms with E-state index in [4.69, 9.17) is 5.11 Å². The molecule has 0 amide bonds. The van der Waals surface area contributed by atoms with Crippen LogP contribution in [0.15, 0.2) is 35.9 Å². The Morgan fingerprint density at radius 3 is 2.17 bits per heavy atom. The predicted molar refractivity (Wildman–Crippen MR) is 96.7 cm³/mol. The molecule has 3 heteroatoms. The van der Waals surface area contributed by atoms with E-state index in [-0.39, 0.29) is 12.0 Å². The molecule has 1 N–H and O–H groups in total. The summed E-state index contributed by atoms with van der Waals surface area (Å²) in [6.07, 6.45) is 2.33. The molecule has 0 heterocycles. The molecule has 0 aliphatic carbocycles. The van der Waals surface area contributed by atoms with Gasteiger partial charge in [-0.2, -0.15) is 0 Å². The van der Waals surface area contributed by atoms with Crippen molar-refractivity contribution in [2.24, 2.45) is 5.41 Å². The number of hydrogen-bond acceptors (Lipinski definition) is 2. The maximum absolute atomic E-state index is 10.9. The Bertz CT molecular complexity index is 534. The van der Waals surface area contributed by atoms with Crippen molar-refractivity contribution >= 4 is 5.97 Å². The van der Waals surface area contributed by atoms with Gasteiger partial charge in [0.05, 0.1) is 6.54 Å². The Hall–Kier alpha value is -1.61. The van der Waals surface area contributed by atoms with E-state index in [9.17, 15) is 4.79 Å². The average Bonchev–Trinajstić information content (AvgIpc) is 2.43. The number of hydrogen-bond donors (Lipinski definition) is 1. The van der Waals surface area contributed by atoms with Gasteiger partial charge < -0.3 is 5.11 Å². The second-order valence-corrected chi connectivity index (χ2v) is 7.53. The third kappa shape index (κ3) is 6.57. The van der Waals surface area contributed by atoms with Crippen molar-refractivity contribution in [3.63, 3.8) is 0 Å². The molecule has 0 aromatic heterocycles. The minimum Gasteiger partial charge on any atom is -0.480 e. The maximum Gasteiger partial charge on any atom is 0.317 e. The standard InChI is InChI=1S/C20H31NO2/c1-7-21(14-19(22)23)13-16-8-10-17(11-9-16)18(12-15(2)3)20(4,5)6/h8-12,18H,7,13-14H2,1-6H3,(H,22,23). The topological polar surface area (TPSA) is 40.5 Å². The summed E-state index contributed by atoms with van der Waals surface area (Å²) in [5.74, 6) is -0.400. The molecular formula is C20H31NO2. The summed E-state index contributed by atoms with van der Waals surface area (Å²) in [5.41, 5.74) is 3.95. The molecule has 1 rings (SSSR count). The second-order valence-electron chi connectivity index (χ2n) is 7.53. The molecule has 3 nitrogen and oxygen atoms in total. The Labute approximate surface area is 141 Å². The van der Waals surface area contributed by atoms with E-state index in [1.165, 1.54) is 11.1 Å². The number of likely N-dealkylation sites (N-methyl/N-ethyl adjacent to an activating group) is 1. The molecule has 1 aromatic carbocycles. The van der Waals surface area contributed by atoms with Gasteiger partial charge in [-0.1, -0.05) is 63.6 Å². The SMILES string of the molecule is CCN(CC(=O)O)Cc1ccc(C(C=C(C)C)C(C)(C)C)cc1. The Balaban J connectivity index is 2.93. The van der Waals surface area contributed by atoms with Crippen LogP contribution in [0.25, 0.3) is 0 Å². The first-order valence-corrected chi connectivity index (χ1v) is 8.31. The Morgan fingerprint density at radius 2 is 1.78 bits per heavy atom. The zero-order valence-electron chi connectivity index (χ0n) is 15.4. The first kappa shape index (κ1) is 19.4. The number of carboxylic acid groups (broad SMARTS) is 1. The van der Waals surface area contributed by atoms with E-state index in [1.54, 1.807) is 0 Å². The molecule has 1 aromatic rings. The number of allylic oxidation sites excluding steroid dienone is 2. The monoisotopic (exact) mass is 317 g/mol. The zero-order chi connectivity index (χ0) is 17.6. The van der Waals surface area contributed by atoms with Crippen molar-refractivity contribution in [3.05, 3.63) is 47.0 Å². The number of rotatable bonds is 7. The van der Waals surface area contributed by atoms with Gasteiger partial charge in [0.15, 0.2) is 0 Å². The van der Waals surface area contributed by atoms with Crippen molar-refractivity contribution in [2.75, 3.05) is 13.1 Å². The van der Waals surface area contributed by atoms with Crippen LogP contribution in [-0.2, 0) is 11.3 Å². The van der Waals surface area contributed by atoms with Crippen LogP contribution in [0.2, 0.25) is 0 Å². The summed E-state index contributed by atoms with van der Waals surface area (Å²) in [4.78, 5) is 12.8. The van der Waals surface area contributed by atoms with Crippen molar-refractivity contribution in [3.8, 4) is 0 Å². The van der Waals surface area contributed by atoms with Gasteiger partial charge in [0.2, 0.25) is 0 Å². The normalized spacial score (nSPS) is 13.0. The predicted octanol–water partition coefficient (Wildman–Crippen LogP) is 4.69. The lowest BCUT2D eigenvalue weighted by atomic mass is 9.75. The molecule has 0 aliphatic rings. The van der Waals surface area contributed by atoms with Gasteiger partial charge in [0, 0.05) is 12.5 Å². The number of benzene rings is 1. The highest BCUT2D eigenvalue weighted by atomic mass is 16.4. The fraction of sp³-hybridized carbons (Fsp3) is 0.550. The number of nitrogens with zero attached hydrogens (tertiary/aromatic N) is 1. The number of carboxylic acids is 1. The molecule has 0 aliphatic heterocycles. The lowest BCUT2D eigenvalue weighted by Crippen LogP contribution is -2.29. The molecule has 0 saturated heterocycles. The summed E-state index contributed by atoms with van der Waals surface area (Å²) in [6, 6.07) is 8.60. The smallest absolute Gasteiger partial charge is 0.317 e. The molecular weight excluding hydrogens is 286 g/mol. The van der Waals surface area contributed by atoms with E-state index < -0.39 is 5.97 Å². The van der Waals surface area contributed by atoms with Crippen LogP contribution in [-0.4, -0.2) is 29.1 Å². The van der Waals surface area contributed by atoms with Crippen molar-refractivity contribution in [1.82, 2.24) is 4.90 Å². The molecule has 0 radical (unpaired) electrons. The quantitative estimate of drug-likeness (QED) is 0.742. The van der Waals surface area contributed by atoms with Crippen LogP contribution in [0.4, 0.5) is 0 Å². The highest BCUT2D eigenvalue weighted by Gasteiger charge is 2.24. The van der Waals surface area contributed by atoms with Gasteiger partial charge in [0.25, 0.3) is 0 Å². The molecule has 0 fully saturated rings. The van der Waals surface area contributed by atoms with Crippen LogP contribution in [0.3, 0.4) is 0 Å². The summed E-state index contributed by atoms with van der Waals surface area (Å²) in [7, 11) is 0. The van der Waals surface area contributed by atoms with Crippen LogP contribution in [0.5, 0.6) is 0 Å². The van der Waals surface area contributed by atoms with Gasteiger partial charge in [-0.3, -0.25) is 9.69 Å². The van der Waals surface area contributed by atoms with Gasteiger partial charge >= 0.3 is 5.97 Å². The number of carbonyl (C=O) groups is 1. The van der Waals surface area contributed by atoms with E-state index in [0.29, 0.717) is 12.5 Å². The third-order valence-corrected chi connectivity index (χ3v) is 3.98. The van der Waals surface area contributed by atoms with Crippen molar-refractivity contribution in [1.29, 1.82) is 0 Å². The van der Waals surface area contributed by atoms with Crippen molar-refractivity contribution in [2.45, 2.75) is 54.0 Å². The largest absolute Gasteiger partial charge is 0.480 e. The van der Waals surface area contributed by atoms with Crippen LogP contribution in [0.1, 0.15) is 58.6 Å². The molecule has 0 bridgehead atoms. The summed E-state index contributed by atoms with van der Waals surface area (Å²) in [6.45, 7) is 14.5. The fourth-order valence-electron chi connectivity index (χ4n) is 2.74.